The number of nitrogens with zero attached hydrogens (tertiary/aromatic N) is 3. The van der Waals surface area contributed by atoms with Gasteiger partial charge in [-0.2, -0.15) is 5.26 Å². The molecule has 1 aliphatic rings. The standard InChI is InChI=1S/C22H26N6/c1-15(22-24-10-11-25-22)27-18-8-9-20-19(12-18)21(16(13-23)14-26-20)28-17-6-4-2-3-5-7-17/h8-12,14-15,17,27H,2-7H2,1H3,(H,24,25)(H,26,28). The van der Waals surface area contributed by atoms with Crippen LogP contribution in [-0.2, 0) is 0 Å². The van der Waals surface area contributed by atoms with Gasteiger partial charge in [-0.3, -0.25) is 4.98 Å². The van der Waals surface area contributed by atoms with Gasteiger partial charge in [0.2, 0.25) is 0 Å². The molecular formula is C22H26N6. The highest BCUT2D eigenvalue weighted by molar-refractivity contribution is 5.96. The summed E-state index contributed by atoms with van der Waals surface area (Å²) >= 11 is 0. The van der Waals surface area contributed by atoms with Crippen LogP contribution >= 0.6 is 0 Å². The molecule has 0 aliphatic heterocycles. The zero-order valence-electron chi connectivity index (χ0n) is 16.2. The number of hydrogen-bond acceptors (Lipinski definition) is 5. The van der Waals surface area contributed by atoms with Crippen molar-refractivity contribution in [2.24, 2.45) is 0 Å². The molecule has 0 saturated heterocycles. The first kappa shape index (κ1) is 18.3. The second kappa shape index (κ2) is 8.30. The van der Waals surface area contributed by atoms with E-state index in [1.807, 2.05) is 18.3 Å². The smallest absolute Gasteiger partial charge is 0.128 e. The topological polar surface area (TPSA) is 89.4 Å². The molecule has 0 amide bonds. The predicted molar refractivity (Wildman–Crippen MR) is 112 cm³/mol. The Morgan fingerprint density at radius 1 is 1.18 bits per heavy atom. The zero-order valence-corrected chi connectivity index (χ0v) is 16.2. The molecule has 0 radical (unpaired) electrons. The van der Waals surface area contributed by atoms with Crippen molar-refractivity contribution in [1.82, 2.24) is 15.0 Å². The Hall–Kier alpha value is -3.07. The fraction of sp³-hybridized carbons (Fsp3) is 0.409. The van der Waals surface area contributed by atoms with E-state index in [0.29, 0.717) is 11.6 Å². The van der Waals surface area contributed by atoms with Crippen molar-refractivity contribution in [1.29, 1.82) is 5.26 Å². The van der Waals surface area contributed by atoms with Crippen LogP contribution in [0.25, 0.3) is 10.9 Å². The van der Waals surface area contributed by atoms with Gasteiger partial charge in [0, 0.05) is 35.7 Å². The first-order valence-electron chi connectivity index (χ1n) is 10.1. The van der Waals surface area contributed by atoms with Crippen LogP contribution in [0.2, 0.25) is 0 Å². The molecule has 3 N–H and O–H groups in total. The molecule has 3 aromatic rings. The minimum absolute atomic E-state index is 0.0535. The number of fused-ring (bicyclic) bond motifs is 1. The minimum Gasteiger partial charge on any atom is -0.381 e. The van der Waals surface area contributed by atoms with Crippen LogP contribution in [0.1, 0.15) is 62.9 Å². The Labute approximate surface area is 165 Å². The molecule has 6 nitrogen and oxygen atoms in total. The summed E-state index contributed by atoms with van der Waals surface area (Å²) < 4.78 is 0. The van der Waals surface area contributed by atoms with E-state index in [-0.39, 0.29) is 6.04 Å². The lowest BCUT2D eigenvalue weighted by Crippen LogP contribution is -2.19. The molecule has 0 spiro atoms. The average molecular weight is 374 g/mol. The molecule has 1 saturated carbocycles. The summed E-state index contributed by atoms with van der Waals surface area (Å²) in [6.45, 7) is 2.07. The number of anilines is 2. The highest BCUT2D eigenvalue weighted by Crippen LogP contribution is 2.31. The third-order valence-corrected chi connectivity index (χ3v) is 5.50. The largest absolute Gasteiger partial charge is 0.381 e. The molecule has 1 aromatic carbocycles. The normalized spacial score (nSPS) is 16.3. The third-order valence-electron chi connectivity index (χ3n) is 5.50. The summed E-state index contributed by atoms with van der Waals surface area (Å²) in [5.41, 5.74) is 3.39. The van der Waals surface area contributed by atoms with Gasteiger partial charge in [-0.1, -0.05) is 25.7 Å². The monoisotopic (exact) mass is 374 g/mol. The van der Waals surface area contributed by atoms with Crippen molar-refractivity contribution in [3.05, 3.63) is 48.2 Å². The number of benzene rings is 1. The Balaban J connectivity index is 1.66. The maximum atomic E-state index is 9.64. The maximum absolute atomic E-state index is 9.64. The van der Waals surface area contributed by atoms with Gasteiger partial charge in [0.1, 0.15) is 11.9 Å². The van der Waals surface area contributed by atoms with Gasteiger partial charge >= 0.3 is 0 Å². The second-order valence-corrected chi connectivity index (χ2v) is 7.56. The first-order chi connectivity index (χ1) is 13.7. The van der Waals surface area contributed by atoms with Gasteiger partial charge in [0.05, 0.1) is 22.8 Å². The molecule has 1 aliphatic carbocycles. The quantitative estimate of drug-likeness (QED) is 0.538. The summed E-state index contributed by atoms with van der Waals surface area (Å²) in [6.07, 6.45) is 12.7. The van der Waals surface area contributed by atoms with E-state index in [0.717, 1.165) is 40.9 Å². The van der Waals surface area contributed by atoms with Crippen molar-refractivity contribution >= 4 is 22.3 Å². The van der Waals surface area contributed by atoms with Crippen molar-refractivity contribution in [2.45, 2.75) is 57.5 Å². The summed E-state index contributed by atoms with van der Waals surface area (Å²) in [6, 6.07) is 8.90. The van der Waals surface area contributed by atoms with E-state index < -0.39 is 0 Å². The van der Waals surface area contributed by atoms with Crippen LogP contribution in [-0.4, -0.2) is 21.0 Å². The van der Waals surface area contributed by atoms with Crippen LogP contribution in [0.15, 0.2) is 36.8 Å². The van der Waals surface area contributed by atoms with Crippen molar-refractivity contribution < 1.29 is 0 Å². The van der Waals surface area contributed by atoms with Crippen LogP contribution in [0, 0.1) is 11.3 Å². The van der Waals surface area contributed by atoms with E-state index >= 15 is 0 Å². The summed E-state index contributed by atoms with van der Waals surface area (Å²) in [5.74, 6) is 0.890. The first-order valence-corrected chi connectivity index (χ1v) is 10.1. The maximum Gasteiger partial charge on any atom is 0.128 e. The van der Waals surface area contributed by atoms with Gasteiger partial charge < -0.3 is 15.6 Å². The molecule has 0 bridgehead atoms. The molecule has 2 heterocycles. The number of hydrogen-bond donors (Lipinski definition) is 3. The summed E-state index contributed by atoms with van der Waals surface area (Å²) in [7, 11) is 0. The van der Waals surface area contributed by atoms with Crippen molar-refractivity contribution in [2.75, 3.05) is 10.6 Å². The number of pyridine rings is 1. The molecule has 2 aromatic heterocycles. The number of imidazole rings is 1. The van der Waals surface area contributed by atoms with E-state index in [9.17, 15) is 5.26 Å². The van der Waals surface area contributed by atoms with E-state index in [2.05, 4.69) is 44.6 Å². The van der Waals surface area contributed by atoms with Gasteiger partial charge in [-0.25, -0.2) is 4.98 Å². The Morgan fingerprint density at radius 3 is 2.71 bits per heavy atom. The van der Waals surface area contributed by atoms with E-state index in [4.69, 9.17) is 0 Å². The number of rotatable bonds is 5. The molecule has 4 rings (SSSR count). The summed E-state index contributed by atoms with van der Waals surface area (Å²) in [5, 5.41) is 17.8. The van der Waals surface area contributed by atoms with Crippen LogP contribution in [0.3, 0.4) is 0 Å². The van der Waals surface area contributed by atoms with E-state index in [1.165, 1.54) is 25.7 Å². The van der Waals surface area contributed by atoms with Gasteiger partial charge in [0.25, 0.3) is 0 Å². The van der Waals surface area contributed by atoms with Gasteiger partial charge in [-0.15, -0.1) is 0 Å². The molecule has 28 heavy (non-hydrogen) atoms. The van der Waals surface area contributed by atoms with Gasteiger partial charge in [0.15, 0.2) is 0 Å². The number of aromatic nitrogens is 3. The van der Waals surface area contributed by atoms with Crippen molar-refractivity contribution in [3.8, 4) is 6.07 Å². The third kappa shape index (κ3) is 3.94. The number of nitrogens with one attached hydrogen (secondary N) is 3. The van der Waals surface area contributed by atoms with Crippen molar-refractivity contribution in [3.63, 3.8) is 0 Å². The fourth-order valence-electron chi connectivity index (χ4n) is 3.98. The molecule has 1 atom stereocenters. The van der Waals surface area contributed by atoms with Gasteiger partial charge in [-0.05, 0) is 38.0 Å². The second-order valence-electron chi connectivity index (χ2n) is 7.56. The average Bonchev–Trinajstić information content (AvgIpc) is 3.14. The molecule has 1 fully saturated rings. The zero-order chi connectivity index (χ0) is 19.3. The lowest BCUT2D eigenvalue weighted by atomic mass is 10.0. The number of nitriles is 1. The van der Waals surface area contributed by atoms with Crippen LogP contribution < -0.4 is 10.6 Å². The highest BCUT2D eigenvalue weighted by atomic mass is 15.0. The highest BCUT2D eigenvalue weighted by Gasteiger charge is 2.17. The molecular weight excluding hydrogens is 348 g/mol. The van der Waals surface area contributed by atoms with E-state index in [1.54, 1.807) is 12.4 Å². The van der Waals surface area contributed by atoms with Crippen LogP contribution in [0.4, 0.5) is 11.4 Å². The summed E-state index contributed by atoms with van der Waals surface area (Å²) in [4.78, 5) is 11.9. The molecule has 1 unspecified atom stereocenters. The minimum atomic E-state index is 0.0535. The molecule has 6 heteroatoms. The number of H-pyrrole nitrogens is 1. The van der Waals surface area contributed by atoms with Crippen LogP contribution in [0.5, 0.6) is 0 Å². The Morgan fingerprint density at radius 2 is 2.00 bits per heavy atom. The predicted octanol–water partition coefficient (Wildman–Crippen LogP) is 5.14. The lowest BCUT2D eigenvalue weighted by molar-refractivity contribution is 0.620. The molecule has 144 valence electrons. The Kier molecular flexibility index (Phi) is 5.43. The Bertz CT molecular complexity index is 965. The SMILES string of the molecule is CC(Nc1ccc2ncc(C#N)c(NC3CCCCCC3)c2c1)c1ncc[nH]1. The number of aromatic amines is 1. The fourth-order valence-corrected chi connectivity index (χ4v) is 3.98. The lowest BCUT2D eigenvalue weighted by Gasteiger charge is -2.20.